The maximum atomic E-state index is 12.2. The molecule has 0 fully saturated rings. The summed E-state index contributed by atoms with van der Waals surface area (Å²) in [4.78, 5) is 27.8. The van der Waals surface area contributed by atoms with E-state index in [1.807, 2.05) is 0 Å². The SMILES string of the molecule is O=C(NO)c1cc(=O)n2c(n1)C1(C=COC=C1)OC=CC2. The standard InChI is InChI=1S/C13H11N3O5/c17-10-8-9(11(18)15-19)14-12-13(2-6-20-7-3-13)21-5-1-4-16(10)12/h1-3,5-8,19H,4H2,(H,15,18). The molecule has 0 saturated carbocycles. The number of carbonyl (C=O) groups excluding carboxylic acids is 1. The maximum absolute atomic E-state index is 12.2. The van der Waals surface area contributed by atoms with Gasteiger partial charge in [0.25, 0.3) is 11.5 Å². The zero-order valence-corrected chi connectivity index (χ0v) is 10.7. The van der Waals surface area contributed by atoms with Crippen molar-refractivity contribution in [1.29, 1.82) is 0 Å². The largest absolute Gasteiger partial charge is 0.479 e. The minimum Gasteiger partial charge on any atom is -0.479 e. The Bertz CT molecular complexity index is 720. The van der Waals surface area contributed by atoms with Gasteiger partial charge in [-0.1, -0.05) is 0 Å². The minimum atomic E-state index is -1.14. The highest BCUT2D eigenvalue weighted by atomic mass is 16.5. The Morgan fingerprint density at radius 1 is 1.38 bits per heavy atom. The van der Waals surface area contributed by atoms with Gasteiger partial charge in [0.15, 0.2) is 5.82 Å². The van der Waals surface area contributed by atoms with Gasteiger partial charge in [-0.25, -0.2) is 10.5 Å². The van der Waals surface area contributed by atoms with E-state index in [-0.39, 0.29) is 18.1 Å². The molecule has 2 aliphatic heterocycles. The predicted octanol–water partition coefficient (Wildman–Crippen LogP) is 0.159. The van der Waals surface area contributed by atoms with Crippen molar-refractivity contribution < 1.29 is 19.5 Å². The second-order valence-corrected chi connectivity index (χ2v) is 4.38. The molecule has 0 aliphatic carbocycles. The number of hydrogen-bond donors (Lipinski definition) is 2. The molecule has 3 heterocycles. The molecule has 2 N–H and O–H groups in total. The quantitative estimate of drug-likeness (QED) is 0.564. The first-order chi connectivity index (χ1) is 10.2. The summed E-state index contributed by atoms with van der Waals surface area (Å²) < 4.78 is 12.0. The number of carbonyl (C=O) groups is 1. The van der Waals surface area contributed by atoms with Gasteiger partial charge in [-0.05, 0) is 6.08 Å². The molecule has 0 atom stereocenters. The fraction of sp³-hybridized carbons (Fsp3) is 0.154. The monoisotopic (exact) mass is 289 g/mol. The molecule has 8 heteroatoms. The van der Waals surface area contributed by atoms with Gasteiger partial charge in [-0.3, -0.25) is 19.4 Å². The third kappa shape index (κ3) is 2.11. The van der Waals surface area contributed by atoms with E-state index in [0.717, 1.165) is 6.07 Å². The average molecular weight is 289 g/mol. The Kier molecular flexibility index (Phi) is 3.07. The summed E-state index contributed by atoms with van der Waals surface area (Å²) >= 11 is 0. The Labute approximate surface area is 118 Å². The van der Waals surface area contributed by atoms with Crippen molar-refractivity contribution >= 4 is 5.91 Å². The highest BCUT2D eigenvalue weighted by Gasteiger charge is 2.36. The zero-order valence-electron chi connectivity index (χ0n) is 10.7. The van der Waals surface area contributed by atoms with Crippen LogP contribution < -0.4 is 11.0 Å². The number of rotatable bonds is 1. The summed E-state index contributed by atoms with van der Waals surface area (Å²) in [6.07, 6.45) is 9.05. The fourth-order valence-corrected chi connectivity index (χ4v) is 2.13. The number of fused-ring (bicyclic) bond motifs is 2. The van der Waals surface area contributed by atoms with Crippen LogP contribution in [0.15, 0.2) is 47.9 Å². The number of hydroxylamine groups is 1. The fourth-order valence-electron chi connectivity index (χ4n) is 2.13. The molecule has 1 aromatic rings. The Balaban J connectivity index is 2.25. The van der Waals surface area contributed by atoms with Gasteiger partial charge in [-0.2, -0.15) is 0 Å². The van der Waals surface area contributed by atoms with Crippen molar-refractivity contribution in [1.82, 2.24) is 15.0 Å². The number of amides is 1. The molecular weight excluding hydrogens is 278 g/mol. The van der Waals surface area contributed by atoms with E-state index < -0.39 is 17.1 Å². The van der Waals surface area contributed by atoms with Crippen molar-refractivity contribution in [2.24, 2.45) is 0 Å². The van der Waals surface area contributed by atoms with E-state index in [4.69, 9.17) is 14.7 Å². The van der Waals surface area contributed by atoms with Gasteiger partial charge in [0.05, 0.1) is 18.8 Å². The molecule has 2 aliphatic rings. The molecule has 108 valence electrons. The van der Waals surface area contributed by atoms with Gasteiger partial charge in [0, 0.05) is 24.8 Å². The van der Waals surface area contributed by atoms with Gasteiger partial charge in [-0.15, -0.1) is 0 Å². The Hall–Kier alpha value is -2.87. The van der Waals surface area contributed by atoms with Gasteiger partial charge in [0.1, 0.15) is 5.69 Å². The molecule has 0 saturated heterocycles. The predicted molar refractivity (Wildman–Crippen MR) is 69.0 cm³/mol. The summed E-state index contributed by atoms with van der Waals surface area (Å²) in [7, 11) is 0. The number of hydrogen-bond acceptors (Lipinski definition) is 6. The molecule has 0 radical (unpaired) electrons. The molecule has 0 unspecified atom stereocenters. The van der Waals surface area contributed by atoms with Crippen LogP contribution in [0.2, 0.25) is 0 Å². The lowest BCUT2D eigenvalue weighted by atomic mass is 10.0. The van der Waals surface area contributed by atoms with Gasteiger partial charge in [0.2, 0.25) is 5.60 Å². The summed E-state index contributed by atoms with van der Waals surface area (Å²) in [5.74, 6) is -0.655. The summed E-state index contributed by atoms with van der Waals surface area (Å²) in [5.41, 5.74) is -0.318. The summed E-state index contributed by atoms with van der Waals surface area (Å²) in [5, 5.41) is 8.70. The van der Waals surface area contributed by atoms with Crippen LogP contribution in [-0.4, -0.2) is 20.7 Å². The lowest BCUT2D eigenvalue weighted by Gasteiger charge is -2.28. The van der Waals surface area contributed by atoms with Crippen LogP contribution in [0.5, 0.6) is 0 Å². The van der Waals surface area contributed by atoms with Crippen LogP contribution in [0.4, 0.5) is 0 Å². The van der Waals surface area contributed by atoms with Crippen LogP contribution in [0.1, 0.15) is 16.3 Å². The molecule has 0 bridgehead atoms. The van der Waals surface area contributed by atoms with E-state index in [2.05, 4.69) is 4.98 Å². The number of aromatic nitrogens is 2. The molecule has 8 nitrogen and oxygen atoms in total. The lowest BCUT2D eigenvalue weighted by Crippen LogP contribution is -2.36. The molecule has 0 aromatic carbocycles. The van der Waals surface area contributed by atoms with E-state index in [1.165, 1.54) is 28.8 Å². The topological polar surface area (TPSA) is 103 Å². The second-order valence-electron chi connectivity index (χ2n) is 4.38. The van der Waals surface area contributed by atoms with Crippen molar-refractivity contribution in [3.63, 3.8) is 0 Å². The van der Waals surface area contributed by atoms with Gasteiger partial charge >= 0.3 is 0 Å². The number of allylic oxidation sites excluding steroid dienone is 1. The minimum absolute atomic E-state index is 0.202. The third-order valence-electron chi connectivity index (χ3n) is 3.13. The highest BCUT2D eigenvalue weighted by Crippen LogP contribution is 2.31. The van der Waals surface area contributed by atoms with E-state index in [0.29, 0.717) is 0 Å². The summed E-state index contributed by atoms with van der Waals surface area (Å²) in [6.45, 7) is 0.256. The molecule has 1 aromatic heterocycles. The molecule has 3 rings (SSSR count). The van der Waals surface area contributed by atoms with Crippen molar-refractivity contribution in [2.45, 2.75) is 12.1 Å². The van der Waals surface area contributed by atoms with E-state index in [9.17, 15) is 9.59 Å². The van der Waals surface area contributed by atoms with Crippen molar-refractivity contribution in [3.8, 4) is 0 Å². The molecule has 21 heavy (non-hydrogen) atoms. The van der Waals surface area contributed by atoms with Crippen LogP contribution in [0.3, 0.4) is 0 Å². The third-order valence-corrected chi connectivity index (χ3v) is 3.13. The zero-order chi connectivity index (χ0) is 14.9. The Morgan fingerprint density at radius 3 is 2.86 bits per heavy atom. The van der Waals surface area contributed by atoms with Crippen molar-refractivity contribution in [3.05, 3.63) is 65.0 Å². The first-order valence-corrected chi connectivity index (χ1v) is 6.07. The smallest absolute Gasteiger partial charge is 0.293 e. The molecule has 1 spiro atoms. The number of nitrogens with one attached hydrogen (secondary N) is 1. The van der Waals surface area contributed by atoms with Crippen LogP contribution in [0.25, 0.3) is 0 Å². The van der Waals surface area contributed by atoms with E-state index >= 15 is 0 Å². The average Bonchev–Trinajstić information content (AvgIpc) is 2.68. The maximum Gasteiger partial charge on any atom is 0.293 e. The Morgan fingerprint density at radius 2 is 2.14 bits per heavy atom. The van der Waals surface area contributed by atoms with Crippen LogP contribution >= 0.6 is 0 Å². The van der Waals surface area contributed by atoms with Gasteiger partial charge < -0.3 is 9.47 Å². The first kappa shape index (κ1) is 13.1. The highest BCUT2D eigenvalue weighted by molar-refractivity contribution is 5.91. The number of nitrogens with zero attached hydrogens (tertiary/aromatic N) is 2. The van der Waals surface area contributed by atoms with Crippen molar-refractivity contribution in [2.75, 3.05) is 0 Å². The number of ether oxygens (including phenoxy) is 2. The molecule has 1 amide bonds. The van der Waals surface area contributed by atoms with E-state index in [1.54, 1.807) is 18.2 Å². The lowest BCUT2D eigenvalue weighted by molar-refractivity contribution is 0.0693. The normalized spacial score (nSPS) is 17.6. The second kappa shape index (κ2) is 4.91. The molecular formula is C13H11N3O5. The first-order valence-electron chi connectivity index (χ1n) is 6.07. The van der Waals surface area contributed by atoms with Crippen LogP contribution in [0, 0.1) is 0 Å². The summed E-state index contributed by atoms with van der Waals surface area (Å²) in [6, 6.07) is 1.05. The van der Waals surface area contributed by atoms with Crippen LogP contribution in [-0.2, 0) is 21.6 Å².